The van der Waals surface area contributed by atoms with Crippen molar-refractivity contribution in [3.63, 3.8) is 0 Å². The second-order valence-corrected chi connectivity index (χ2v) is 6.58. The molecule has 2 aromatic rings. The fourth-order valence-electron chi connectivity index (χ4n) is 1.74. The topological polar surface area (TPSA) is 39.2 Å². The van der Waals surface area contributed by atoms with Gasteiger partial charge in [0.1, 0.15) is 0 Å². The molecule has 0 bridgehead atoms. The summed E-state index contributed by atoms with van der Waals surface area (Å²) in [4.78, 5) is 4.05. The van der Waals surface area contributed by atoms with Crippen LogP contribution in [0.5, 0.6) is 5.75 Å². The first-order valence-corrected chi connectivity index (χ1v) is 8.21. The lowest BCUT2D eigenvalue weighted by molar-refractivity contribution is 0.386. The number of halogens is 3. The van der Waals surface area contributed by atoms with Gasteiger partial charge in [-0.15, -0.1) is 0 Å². The summed E-state index contributed by atoms with van der Waals surface area (Å²) in [6, 6.07) is 6.05. The highest BCUT2D eigenvalue weighted by molar-refractivity contribution is 7.83. The molecule has 7 heteroatoms. The van der Waals surface area contributed by atoms with Gasteiger partial charge in [-0.1, -0.05) is 29.3 Å². The van der Waals surface area contributed by atoms with Crippen LogP contribution in [0.3, 0.4) is 0 Å². The Morgan fingerprint density at radius 1 is 1.29 bits per heavy atom. The van der Waals surface area contributed by atoms with Gasteiger partial charge in [-0.25, -0.2) is 4.39 Å². The molecule has 21 heavy (non-hydrogen) atoms. The molecule has 3 nitrogen and oxygen atoms in total. The third-order valence-corrected chi connectivity index (χ3v) is 4.51. The number of benzene rings is 1. The molecule has 0 saturated carbocycles. The van der Waals surface area contributed by atoms with E-state index in [9.17, 15) is 8.60 Å². The second-order valence-electron chi connectivity index (χ2n) is 4.28. The van der Waals surface area contributed by atoms with Gasteiger partial charge < -0.3 is 4.74 Å². The molecule has 0 aliphatic carbocycles. The molecule has 1 aromatic heterocycles. The Morgan fingerprint density at radius 2 is 2.05 bits per heavy atom. The van der Waals surface area contributed by atoms with E-state index in [1.54, 1.807) is 12.1 Å². The van der Waals surface area contributed by atoms with Crippen molar-refractivity contribution in [1.82, 2.24) is 4.98 Å². The molecular weight excluding hydrogens is 336 g/mol. The maximum absolute atomic E-state index is 13.6. The maximum atomic E-state index is 13.6. The van der Waals surface area contributed by atoms with Crippen LogP contribution in [0.15, 0.2) is 30.5 Å². The molecular formula is C14H12Cl2FNO2S. The zero-order chi connectivity index (χ0) is 15.4. The van der Waals surface area contributed by atoms with Gasteiger partial charge in [0.25, 0.3) is 0 Å². The van der Waals surface area contributed by atoms with Crippen molar-refractivity contribution in [1.29, 1.82) is 0 Å². The van der Waals surface area contributed by atoms with E-state index < -0.39 is 16.6 Å². The third-order valence-electron chi connectivity index (χ3n) is 2.73. The highest BCUT2D eigenvalue weighted by Crippen LogP contribution is 2.22. The largest absolute Gasteiger partial charge is 0.494 e. The van der Waals surface area contributed by atoms with Crippen LogP contribution in [-0.4, -0.2) is 16.3 Å². The Balaban J connectivity index is 2.06. The smallest absolute Gasteiger partial charge is 0.165 e. The van der Waals surface area contributed by atoms with Gasteiger partial charge in [0.2, 0.25) is 0 Å². The van der Waals surface area contributed by atoms with E-state index >= 15 is 0 Å². The van der Waals surface area contributed by atoms with Crippen molar-refractivity contribution >= 4 is 34.0 Å². The maximum Gasteiger partial charge on any atom is 0.165 e. The average Bonchev–Trinajstić information content (AvgIpc) is 2.42. The standard InChI is InChI=1S/C14H12Cl2FNO2S/c1-20-14-3-2-9(4-12(14)17)7-21(19)8-13-11(16)5-10(15)6-18-13/h2-6H,7-8H2,1H3/t21-/m0/s1. The van der Waals surface area contributed by atoms with Crippen molar-refractivity contribution in [2.45, 2.75) is 11.5 Å². The van der Waals surface area contributed by atoms with Gasteiger partial charge >= 0.3 is 0 Å². The highest BCUT2D eigenvalue weighted by atomic mass is 35.5. The minimum atomic E-state index is -1.25. The van der Waals surface area contributed by atoms with Gasteiger partial charge in [0.05, 0.1) is 28.6 Å². The summed E-state index contributed by atoms with van der Waals surface area (Å²) in [5.74, 6) is 0.0761. The number of rotatable bonds is 5. The van der Waals surface area contributed by atoms with Crippen LogP contribution in [0, 0.1) is 5.82 Å². The lowest BCUT2D eigenvalue weighted by Gasteiger charge is -2.06. The minimum Gasteiger partial charge on any atom is -0.494 e. The number of pyridine rings is 1. The van der Waals surface area contributed by atoms with Crippen LogP contribution in [0.25, 0.3) is 0 Å². The Hall–Kier alpha value is -1.17. The van der Waals surface area contributed by atoms with Crippen LogP contribution in [0.1, 0.15) is 11.3 Å². The molecule has 0 aliphatic rings. The molecule has 0 amide bonds. The molecule has 0 saturated heterocycles. The molecule has 112 valence electrons. The second kappa shape index (κ2) is 7.20. The fourth-order valence-corrected chi connectivity index (χ4v) is 3.45. The average molecular weight is 348 g/mol. The Morgan fingerprint density at radius 3 is 2.67 bits per heavy atom. The van der Waals surface area contributed by atoms with Crippen LogP contribution >= 0.6 is 23.2 Å². The number of ether oxygens (including phenoxy) is 1. The van der Waals surface area contributed by atoms with Crippen LogP contribution in [-0.2, 0) is 22.3 Å². The number of hydrogen-bond acceptors (Lipinski definition) is 3. The van der Waals surface area contributed by atoms with Gasteiger partial charge in [0.15, 0.2) is 11.6 Å². The summed E-state index contributed by atoms with van der Waals surface area (Å²) < 4.78 is 30.5. The summed E-state index contributed by atoms with van der Waals surface area (Å²) in [6.45, 7) is 0. The first-order chi connectivity index (χ1) is 9.99. The van der Waals surface area contributed by atoms with E-state index in [0.29, 0.717) is 21.3 Å². The summed E-state index contributed by atoms with van der Waals surface area (Å²) in [7, 11) is 0.140. The van der Waals surface area contributed by atoms with Crippen molar-refractivity contribution in [2.75, 3.05) is 7.11 Å². The number of hydrogen-bond donors (Lipinski definition) is 0. The Bertz CT molecular complexity index is 682. The normalized spacial score (nSPS) is 12.2. The molecule has 1 heterocycles. The quantitative estimate of drug-likeness (QED) is 0.820. The van der Waals surface area contributed by atoms with E-state index in [1.807, 2.05) is 0 Å². The lowest BCUT2D eigenvalue weighted by Crippen LogP contribution is -2.02. The first-order valence-electron chi connectivity index (χ1n) is 5.97. The van der Waals surface area contributed by atoms with Gasteiger partial charge in [-0.3, -0.25) is 9.19 Å². The Labute approximate surface area is 134 Å². The minimum absolute atomic E-state index is 0.159. The molecule has 1 aromatic carbocycles. The number of methoxy groups -OCH3 is 1. The van der Waals surface area contributed by atoms with Gasteiger partial charge in [-0.2, -0.15) is 0 Å². The molecule has 0 radical (unpaired) electrons. The van der Waals surface area contributed by atoms with E-state index in [4.69, 9.17) is 27.9 Å². The monoisotopic (exact) mass is 347 g/mol. The van der Waals surface area contributed by atoms with E-state index in [1.165, 1.54) is 25.4 Å². The SMILES string of the molecule is COc1ccc(C[S@](=O)Cc2ncc(Cl)cc2Cl)cc1F. The van der Waals surface area contributed by atoms with E-state index in [-0.39, 0.29) is 17.3 Å². The van der Waals surface area contributed by atoms with Crippen LogP contribution < -0.4 is 4.74 Å². The predicted molar refractivity (Wildman–Crippen MR) is 82.8 cm³/mol. The summed E-state index contributed by atoms with van der Waals surface area (Å²) >= 11 is 11.7. The predicted octanol–water partition coefficient (Wildman–Crippen LogP) is 3.99. The van der Waals surface area contributed by atoms with Crippen LogP contribution in [0.4, 0.5) is 4.39 Å². The van der Waals surface area contributed by atoms with E-state index in [2.05, 4.69) is 4.98 Å². The molecule has 0 N–H and O–H groups in total. The lowest BCUT2D eigenvalue weighted by atomic mass is 10.2. The summed E-state index contributed by atoms with van der Waals surface area (Å²) in [6.07, 6.45) is 1.45. The molecule has 0 aliphatic heterocycles. The first kappa shape index (κ1) is 16.2. The van der Waals surface area contributed by atoms with Crippen molar-refractivity contribution in [3.05, 3.63) is 57.6 Å². The summed E-state index contributed by atoms with van der Waals surface area (Å²) in [5, 5.41) is 0.795. The van der Waals surface area contributed by atoms with Crippen molar-refractivity contribution in [3.8, 4) is 5.75 Å². The van der Waals surface area contributed by atoms with Crippen LogP contribution in [0.2, 0.25) is 10.0 Å². The molecule has 0 spiro atoms. The van der Waals surface area contributed by atoms with Gasteiger partial charge in [-0.05, 0) is 23.8 Å². The summed E-state index contributed by atoms with van der Waals surface area (Å²) in [5.41, 5.74) is 1.13. The third kappa shape index (κ3) is 4.40. The van der Waals surface area contributed by atoms with Crippen molar-refractivity contribution in [2.24, 2.45) is 0 Å². The molecule has 2 rings (SSSR count). The Kier molecular flexibility index (Phi) is 5.56. The fraction of sp³-hybridized carbons (Fsp3) is 0.214. The van der Waals surface area contributed by atoms with E-state index in [0.717, 1.165) is 0 Å². The molecule has 0 unspecified atom stereocenters. The molecule has 0 fully saturated rings. The zero-order valence-corrected chi connectivity index (χ0v) is 13.4. The van der Waals surface area contributed by atoms with Gasteiger partial charge in [0, 0.05) is 22.7 Å². The zero-order valence-electron chi connectivity index (χ0n) is 11.1. The molecule has 1 atom stereocenters. The number of aromatic nitrogens is 1. The van der Waals surface area contributed by atoms with Crippen molar-refractivity contribution < 1.29 is 13.3 Å². The number of nitrogens with zero attached hydrogens (tertiary/aromatic N) is 1. The highest BCUT2D eigenvalue weighted by Gasteiger charge is 2.10.